The third-order valence-corrected chi connectivity index (χ3v) is 1.78. The van der Waals surface area contributed by atoms with Gasteiger partial charge in [-0.3, -0.25) is 10.1 Å². The number of nitro benzene ring substituents is 1. The molecule has 1 aromatic rings. The first-order valence-electron chi connectivity index (χ1n) is 4.07. The van der Waals surface area contributed by atoms with Gasteiger partial charge in [0.15, 0.2) is 0 Å². The van der Waals surface area contributed by atoms with Crippen LogP contribution in [0.1, 0.15) is 11.1 Å². The Hall–Kier alpha value is -2.86. The van der Waals surface area contributed by atoms with Gasteiger partial charge in [0.25, 0.3) is 0 Å². The van der Waals surface area contributed by atoms with Gasteiger partial charge in [-0.1, -0.05) is 0 Å². The highest BCUT2D eigenvalue weighted by molar-refractivity contribution is 5.67. The van der Waals surface area contributed by atoms with Crippen molar-refractivity contribution in [2.45, 2.75) is 0 Å². The van der Waals surface area contributed by atoms with Gasteiger partial charge in [0, 0.05) is 17.7 Å². The van der Waals surface area contributed by atoms with Gasteiger partial charge in [0.2, 0.25) is 5.75 Å². The van der Waals surface area contributed by atoms with Crippen LogP contribution in [0.4, 0.5) is 5.69 Å². The summed E-state index contributed by atoms with van der Waals surface area (Å²) in [4.78, 5) is 9.77. The lowest BCUT2D eigenvalue weighted by molar-refractivity contribution is -0.385. The van der Waals surface area contributed by atoms with Crippen LogP contribution in [0.3, 0.4) is 0 Å². The molecule has 0 unspecified atom stereocenters. The van der Waals surface area contributed by atoms with E-state index < -0.39 is 16.4 Å². The summed E-state index contributed by atoms with van der Waals surface area (Å²) in [5.41, 5.74) is -0.453. The van der Waals surface area contributed by atoms with E-state index in [2.05, 4.69) is 0 Å². The maximum absolute atomic E-state index is 10.6. The van der Waals surface area contributed by atoms with Crippen LogP contribution in [-0.2, 0) is 0 Å². The van der Waals surface area contributed by atoms with E-state index in [9.17, 15) is 15.2 Å². The van der Waals surface area contributed by atoms with Crippen LogP contribution in [0.5, 0.6) is 5.75 Å². The van der Waals surface area contributed by atoms with E-state index in [0.717, 1.165) is 12.1 Å². The van der Waals surface area contributed by atoms with Gasteiger partial charge in [0.1, 0.15) is 0 Å². The second-order valence-electron chi connectivity index (χ2n) is 2.76. The summed E-state index contributed by atoms with van der Waals surface area (Å²) in [7, 11) is 0. The van der Waals surface area contributed by atoms with Gasteiger partial charge in [-0.2, -0.15) is 10.5 Å². The van der Waals surface area contributed by atoms with E-state index in [-0.39, 0.29) is 11.1 Å². The molecule has 0 bridgehead atoms. The molecule has 0 radical (unpaired) electrons. The molecule has 0 aliphatic rings. The lowest BCUT2D eigenvalue weighted by atomic mass is 10.1. The van der Waals surface area contributed by atoms with E-state index in [1.165, 1.54) is 12.1 Å². The van der Waals surface area contributed by atoms with E-state index in [0.29, 0.717) is 0 Å². The summed E-state index contributed by atoms with van der Waals surface area (Å²) in [6.45, 7) is 0. The summed E-state index contributed by atoms with van der Waals surface area (Å²) >= 11 is 0. The van der Waals surface area contributed by atoms with E-state index >= 15 is 0 Å². The Bertz CT molecular complexity index is 550. The van der Waals surface area contributed by atoms with Crippen molar-refractivity contribution in [1.82, 2.24) is 0 Å². The minimum absolute atomic E-state index is 0.0436. The van der Waals surface area contributed by atoms with Crippen molar-refractivity contribution in [3.05, 3.63) is 39.4 Å². The van der Waals surface area contributed by atoms with Crippen molar-refractivity contribution in [3.63, 3.8) is 0 Å². The molecule has 0 amide bonds. The maximum Gasteiger partial charge on any atom is 0.312 e. The molecule has 0 aliphatic heterocycles. The van der Waals surface area contributed by atoms with Crippen LogP contribution in [0.15, 0.2) is 18.2 Å². The number of rotatable bonds is 2. The highest BCUT2D eigenvalue weighted by Gasteiger charge is 2.17. The molecule has 0 saturated carbocycles. The quantitative estimate of drug-likeness (QED) is 0.458. The van der Waals surface area contributed by atoms with Crippen molar-refractivity contribution in [1.29, 1.82) is 10.5 Å². The summed E-state index contributed by atoms with van der Waals surface area (Å²) in [5.74, 6) is -0.560. The first kappa shape index (κ1) is 11.2. The molecule has 0 heterocycles. The minimum Gasteiger partial charge on any atom is -0.502 e. The fourth-order valence-electron chi connectivity index (χ4n) is 1.10. The fourth-order valence-corrected chi connectivity index (χ4v) is 1.10. The van der Waals surface area contributed by atoms with Crippen LogP contribution in [0, 0.1) is 32.8 Å². The smallest absolute Gasteiger partial charge is 0.312 e. The zero-order chi connectivity index (χ0) is 12.1. The van der Waals surface area contributed by atoms with Crippen LogP contribution >= 0.6 is 0 Å². The summed E-state index contributed by atoms with van der Waals surface area (Å²) in [5, 5.41) is 37.0. The first-order valence-corrected chi connectivity index (χ1v) is 4.07. The Morgan fingerprint density at radius 2 is 2.12 bits per heavy atom. The second kappa shape index (κ2) is 4.58. The monoisotopic (exact) mass is 215 g/mol. The summed E-state index contributed by atoms with van der Waals surface area (Å²) in [6.07, 6.45) is 2.25. The molecule has 0 aliphatic carbocycles. The van der Waals surface area contributed by atoms with Crippen LogP contribution < -0.4 is 0 Å². The van der Waals surface area contributed by atoms with Crippen molar-refractivity contribution in [2.24, 2.45) is 0 Å². The first-order chi connectivity index (χ1) is 7.60. The number of phenols is 1. The average Bonchev–Trinajstić information content (AvgIpc) is 2.27. The lowest BCUT2D eigenvalue weighted by Crippen LogP contribution is -1.92. The molecule has 1 N–H and O–H groups in total. The fraction of sp³-hybridized carbons (Fsp3) is 0. The average molecular weight is 215 g/mol. The number of nitrogens with zero attached hydrogens (tertiary/aromatic N) is 3. The third-order valence-electron chi connectivity index (χ3n) is 1.78. The molecule has 0 spiro atoms. The molecule has 1 rings (SSSR count). The highest BCUT2D eigenvalue weighted by Crippen LogP contribution is 2.31. The van der Waals surface area contributed by atoms with Crippen molar-refractivity contribution >= 4 is 11.8 Å². The summed E-state index contributed by atoms with van der Waals surface area (Å²) < 4.78 is 0. The molecule has 6 heteroatoms. The SMILES string of the molecule is N#CC=Cc1cc(C#N)cc([N+](=O)[O-])c1O. The Balaban J connectivity index is 3.46. The molecular weight excluding hydrogens is 210 g/mol. The van der Waals surface area contributed by atoms with E-state index in [1.54, 1.807) is 12.1 Å². The number of nitro groups is 1. The van der Waals surface area contributed by atoms with Crippen molar-refractivity contribution < 1.29 is 10.0 Å². The minimum atomic E-state index is -0.792. The molecule has 78 valence electrons. The van der Waals surface area contributed by atoms with E-state index in [1.807, 2.05) is 0 Å². The van der Waals surface area contributed by atoms with Gasteiger partial charge in [-0.05, 0) is 12.1 Å². The molecular formula is C10H5N3O3. The Labute approximate surface area is 90.4 Å². The number of nitriles is 2. The third kappa shape index (κ3) is 2.14. The van der Waals surface area contributed by atoms with Crippen LogP contribution in [0.2, 0.25) is 0 Å². The molecule has 0 saturated heterocycles. The summed E-state index contributed by atoms with van der Waals surface area (Å²) in [6, 6.07) is 5.65. The van der Waals surface area contributed by atoms with Crippen LogP contribution in [-0.4, -0.2) is 10.0 Å². The Kier molecular flexibility index (Phi) is 3.21. The second-order valence-corrected chi connectivity index (χ2v) is 2.76. The number of aromatic hydroxyl groups is 1. The van der Waals surface area contributed by atoms with Crippen molar-refractivity contribution in [3.8, 4) is 17.9 Å². The predicted octanol–water partition coefficient (Wildman–Crippen LogP) is 1.71. The van der Waals surface area contributed by atoms with Crippen LogP contribution in [0.25, 0.3) is 6.08 Å². The molecule has 6 nitrogen and oxygen atoms in total. The molecule has 0 aromatic heterocycles. The highest BCUT2D eigenvalue weighted by atomic mass is 16.6. The van der Waals surface area contributed by atoms with Gasteiger partial charge in [-0.25, -0.2) is 0 Å². The van der Waals surface area contributed by atoms with E-state index in [4.69, 9.17) is 10.5 Å². The topological polar surface area (TPSA) is 111 Å². The van der Waals surface area contributed by atoms with Gasteiger partial charge in [0.05, 0.1) is 22.6 Å². The molecule has 0 fully saturated rings. The standard InChI is InChI=1S/C10H5N3O3/c11-3-1-2-8-4-7(6-12)5-9(10(8)14)13(15)16/h1-2,4-5,14H. The molecule has 0 atom stereocenters. The lowest BCUT2D eigenvalue weighted by Gasteiger charge is -2.00. The largest absolute Gasteiger partial charge is 0.502 e. The number of hydrogen-bond donors (Lipinski definition) is 1. The number of benzene rings is 1. The number of phenolic OH excluding ortho intramolecular Hbond substituents is 1. The van der Waals surface area contributed by atoms with Gasteiger partial charge >= 0.3 is 5.69 Å². The number of allylic oxidation sites excluding steroid dienone is 1. The molecule has 1 aromatic carbocycles. The van der Waals surface area contributed by atoms with Gasteiger partial charge in [-0.15, -0.1) is 0 Å². The Morgan fingerprint density at radius 1 is 1.44 bits per heavy atom. The van der Waals surface area contributed by atoms with Crippen molar-refractivity contribution in [2.75, 3.05) is 0 Å². The maximum atomic E-state index is 10.6. The zero-order valence-electron chi connectivity index (χ0n) is 7.91. The Morgan fingerprint density at radius 3 is 2.62 bits per heavy atom. The normalized spacial score (nSPS) is 9.62. The van der Waals surface area contributed by atoms with Gasteiger partial charge < -0.3 is 5.11 Å². The zero-order valence-corrected chi connectivity index (χ0v) is 7.91. The predicted molar refractivity (Wildman–Crippen MR) is 54.1 cm³/mol. The molecule has 16 heavy (non-hydrogen) atoms. The number of hydrogen-bond acceptors (Lipinski definition) is 5.